The fraction of sp³-hybridized carbons (Fsp3) is 1.00. The summed E-state index contributed by atoms with van der Waals surface area (Å²) in [7, 11) is 0. The van der Waals surface area contributed by atoms with Crippen LogP contribution in [0.2, 0.25) is 0 Å². The van der Waals surface area contributed by atoms with Crippen molar-refractivity contribution in [2.45, 2.75) is 58.8 Å². The molecule has 2 spiro atoms. The molecule has 94 valence electrons. The van der Waals surface area contributed by atoms with Crippen molar-refractivity contribution in [2.24, 2.45) is 46.3 Å². The molecule has 0 aromatic carbocycles. The molecule has 0 heterocycles. The van der Waals surface area contributed by atoms with Gasteiger partial charge in [0.25, 0.3) is 0 Å². The van der Waals surface area contributed by atoms with Gasteiger partial charge in [0.05, 0.1) is 0 Å². The van der Waals surface area contributed by atoms with E-state index in [1.807, 2.05) is 0 Å². The molecule has 5 aliphatic carbocycles. The third-order valence-electron chi connectivity index (χ3n) is 8.14. The number of hydrogen-bond acceptors (Lipinski definition) is 0. The van der Waals surface area contributed by atoms with Crippen molar-refractivity contribution in [1.29, 1.82) is 0 Å². The molecule has 0 nitrogen and oxygen atoms in total. The van der Waals surface area contributed by atoms with Gasteiger partial charge in [-0.1, -0.05) is 26.7 Å². The summed E-state index contributed by atoms with van der Waals surface area (Å²) in [5.74, 6) is 6.78. The average molecular weight is 230 g/mol. The molecule has 17 heavy (non-hydrogen) atoms. The van der Waals surface area contributed by atoms with E-state index in [-0.39, 0.29) is 0 Å². The lowest BCUT2D eigenvalue weighted by atomic mass is 9.78. The molecule has 5 saturated carbocycles. The maximum absolute atomic E-state index is 2.65. The van der Waals surface area contributed by atoms with Crippen molar-refractivity contribution in [3.05, 3.63) is 0 Å². The summed E-state index contributed by atoms with van der Waals surface area (Å²) in [6, 6.07) is 0. The number of hydrogen-bond donors (Lipinski definition) is 0. The van der Waals surface area contributed by atoms with Gasteiger partial charge in [-0.3, -0.25) is 0 Å². The molecule has 0 N–H and O–H groups in total. The van der Waals surface area contributed by atoms with Crippen LogP contribution in [0.4, 0.5) is 0 Å². The first-order valence-corrected chi connectivity index (χ1v) is 8.21. The zero-order chi connectivity index (χ0) is 11.4. The highest BCUT2D eigenvalue weighted by Gasteiger charge is 2.91. The second kappa shape index (κ2) is 2.63. The van der Waals surface area contributed by atoms with Crippen molar-refractivity contribution >= 4 is 0 Å². The molecule has 0 aromatic rings. The smallest absolute Gasteiger partial charge is 0.0147 e. The molecular formula is C17H26. The van der Waals surface area contributed by atoms with E-state index in [0.717, 1.165) is 34.5 Å². The minimum atomic E-state index is 0.871. The predicted molar refractivity (Wildman–Crippen MR) is 69.5 cm³/mol. The van der Waals surface area contributed by atoms with E-state index in [2.05, 4.69) is 13.8 Å². The van der Waals surface area contributed by atoms with E-state index in [9.17, 15) is 0 Å². The van der Waals surface area contributed by atoms with Crippen molar-refractivity contribution in [3.8, 4) is 0 Å². The molecule has 5 fully saturated rings. The highest BCUT2D eigenvalue weighted by molar-refractivity contribution is 5.39. The molecule has 0 heteroatoms. The van der Waals surface area contributed by atoms with Crippen molar-refractivity contribution in [3.63, 3.8) is 0 Å². The van der Waals surface area contributed by atoms with Gasteiger partial charge in [-0.2, -0.15) is 0 Å². The molecule has 7 unspecified atom stereocenters. The maximum atomic E-state index is 2.65. The van der Waals surface area contributed by atoms with E-state index in [4.69, 9.17) is 0 Å². The molecule has 0 radical (unpaired) electrons. The molecule has 5 aliphatic rings. The summed E-state index contributed by atoms with van der Waals surface area (Å²) in [4.78, 5) is 0. The van der Waals surface area contributed by atoms with E-state index in [0.29, 0.717) is 0 Å². The quantitative estimate of drug-likeness (QED) is 0.655. The van der Waals surface area contributed by atoms with Crippen LogP contribution >= 0.6 is 0 Å². The Labute approximate surface area is 106 Å². The van der Waals surface area contributed by atoms with Gasteiger partial charge in [0, 0.05) is 0 Å². The van der Waals surface area contributed by atoms with E-state index in [1.165, 1.54) is 11.8 Å². The van der Waals surface area contributed by atoms with Crippen molar-refractivity contribution < 1.29 is 0 Å². The lowest BCUT2D eigenvalue weighted by Gasteiger charge is -2.26. The molecular weight excluding hydrogens is 204 g/mol. The fourth-order valence-corrected chi connectivity index (χ4v) is 7.55. The first-order valence-electron chi connectivity index (χ1n) is 8.21. The standard InChI is InChI=1S/C17H26/c1-10-7-13(8-12-3-4-12)11(2)17(10)15-6-5-14-9-16(14,15)17/h10-15H,3-9H2,1-2H3. The maximum Gasteiger partial charge on any atom is -0.0147 e. The third-order valence-corrected chi connectivity index (χ3v) is 8.14. The van der Waals surface area contributed by atoms with Crippen molar-refractivity contribution in [2.75, 3.05) is 0 Å². The topological polar surface area (TPSA) is 0 Å². The van der Waals surface area contributed by atoms with Crippen LogP contribution in [0.1, 0.15) is 58.8 Å². The molecule has 0 amide bonds. The Morgan fingerprint density at radius 3 is 2.47 bits per heavy atom. The lowest BCUT2D eigenvalue weighted by Crippen LogP contribution is -2.21. The molecule has 0 bridgehead atoms. The summed E-state index contributed by atoms with van der Waals surface area (Å²) in [6.45, 7) is 5.27. The van der Waals surface area contributed by atoms with Gasteiger partial charge in [0.2, 0.25) is 0 Å². The lowest BCUT2D eigenvalue weighted by molar-refractivity contribution is 0.211. The Hall–Kier alpha value is 0. The minimum Gasteiger partial charge on any atom is -0.0619 e. The SMILES string of the molecule is CC1CC(CC2CC2)C(C)C12C1CCC3CC312. The largest absolute Gasteiger partial charge is 0.0619 e. The van der Waals surface area contributed by atoms with Crippen LogP contribution in [0, 0.1) is 46.3 Å². The minimum absolute atomic E-state index is 0.871. The first kappa shape index (κ1) is 9.87. The van der Waals surface area contributed by atoms with Crippen LogP contribution in [0.3, 0.4) is 0 Å². The van der Waals surface area contributed by atoms with Gasteiger partial charge in [0.15, 0.2) is 0 Å². The monoisotopic (exact) mass is 230 g/mol. The molecule has 5 rings (SSSR count). The Morgan fingerprint density at radius 2 is 1.88 bits per heavy atom. The summed E-state index contributed by atoms with van der Waals surface area (Å²) in [5.41, 5.74) is 1.81. The third kappa shape index (κ3) is 0.871. The van der Waals surface area contributed by atoms with Gasteiger partial charge in [0.1, 0.15) is 0 Å². The Morgan fingerprint density at radius 1 is 1.06 bits per heavy atom. The van der Waals surface area contributed by atoms with Crippen molar-refractivity contribution in [1.82, 2.24) is 0 Å². The summed E-state index contributed by atoms with van der Waals surface area (Å²) in [6.07, 6.45) is 11.1. The fourth-order valence-electron chi connectivity index (χ4n) is 7.55. The summed E-state index contributed by atoms with van der Waals surface area (Å²) in [5, 5.41) is 0. The van der Waals surface area contributed by atoms with Crippen LogP contribution in [-0.4, -0.2) is 0 Å². The van der Waals surface area contributed by atoms with Crippen LogP contribution < -0.4 is 0 Å². The van der Waals surface area contributed by atoms with Crippen LogP contribution in [0.25, 0.3) is 0 Å². The normalized spacial score (nSPS) is 67.1. The highest BCUT2D eigenvalue weighted by Crippen LogP contribution is 2.97. The average Bonchev–Trinajstić information content (AvgIpc) is 3.22. The second-order valence-corrected chi connectivity index (χ2v) is 8.37. The Balaban J connectivity index is 1.46. The Kier molecular flexibility index (Phi) is 1.53. The zero-order valence-corrected chi connectivity index (χ0v) is 11.4. The molecule has 7 atom stereocenters. The van der Waals surface area contributed by atoms with Crippen LogP contribution in [0.15, 0.2) is 0 Å². The highest BCUT2D eigenvalue weighted by atomic mass is 15.0. The van der Waals surface area contributed by atoms with Gasteiger partial charge < -0.3 is 0 Å². The van der Waals surface area contributed by atoms with Gasteiger partial charge in [-0.25, -0.2) is 0 Å². The van der Waals surface area contributed by atoms with Crippen LogP contribution in [0.5, 0.6) is 0 Å². The molecule has 0 aromatic heterocycles. The summed E-state index contributed by atoms with van der Waals surface area (Å²) >= 11 is 0. The second-order valence-electron chi connectivity index (χ2n) is 8.37. The molecule has 0 aliphatic heterocycles. The molecule has 0 saturated heterocycles. The zero-order valence-electron chi connectivity index (χ0n) is 11.4. The number of rotatable bonds is 2. The predicted octanol–water partition coefficient (Wildman–Crippen LogP) is 4.49. The number of fused-ring (bicyclic) bond motifs is 1. The Bertz CT molecular complexity index is 381. The van der Waals surface area contributed by atoms with Gasteiger partial charge in [-0.15, -0.1) is 0 Å². The first-order chi connectivity index (χ1) is 8.21. The summed E-state index contributed by atoms with van der Waals surface area (Å²) < 4.78 is 0. The van der Waals surface area contributed by atoms with E-state index in [1.54, 1.807) is 44.9 Å². The van der Waals surface area contributed by atoms with Gasteiger partial charge in [-0.05, 0) is 78.4 Å². The van der Waals surface area contributed by atoms with E-state index >= 15 is 0 Å². The van der Waals surface area contributed by atoms with Gasteiger partial charge >= 0.3 is 0 Å². The van der Waals surface area contributed by atoms with E-state index < -0.39 is 0 Å². The van der Waals surface area contributed by atoms with Crippen LogP contribution in [-0.2, 0) is 0 Å².